The highest BCUT2D eigenvalue weighted by molar-refractivity contribution is 5.77. The molecule has 1 aromatic heterocycles. The van der Waals surface area contributed by atoms with E-state index < -0.39 is 0 Å². The minimum atomic E-state index is -0.0790. The average molecular weight is 424 g/mol. The second kappa shape index (κ2) is 9.10. The van der Waals surface area contributed by atoms with Crippen LogP contribution in [0.4, 0.5) is 11.4 Å². The number of nitriles is 1. The van der Waals surface area contributed by atoms with Crippen molar-refractivity contribution in [2.24, 2.45) is 0 Å². The standard InChI is InChI=1S/C22H24N4O5/c1-28-14-21(27)25-6-5-18(13-25)31-17-3-4-20-19(10-17)26(7-8-30-20)16-9-15(11-23)22(29-2)24-12-16/h3-4,9-10,12,18H,5-8,13-14H2,1-2H3. The third kappa shape index (κ3) is 4.34. The van der Waals surface area contributed by atoms with E-state index in [-0.39, 0.29) is 18.6 Å². The van der Waals surface area contributed by atoms with E-state index in [1.165, 1.54) is 14.2 Å². The van der Waals surface area contributed by atoms with Crippen LogP contribution in [0.5, 0.6) is 17.4 Å². The summed E-state index contributed by atoms with van der Waals surface area (Å²) >= 11 is 0. The SMILES string of the molecule is COCC(=O)N1CCC(Oc2ccc3c(c2)N(c2cnc(OC)c(C#N)c2)CCO3)C1. The predicted octanol–water partition coefficient (Wildman–Crippen LogP) is 2.12. The van der Waals surface area contributed by atoms with Gasteiger partial charge in [-0.05, 0) is 18.2 Å². The molecule has 0 spiro atoms. The molecule has 1 aromatic carbocycles. The van der Waals surface area contributed by atoms with Gasteiger partial charge in [0.1, 0.15) is 42.4 Å². The molecule has 0 saturated carbocycles. The summed E-state index contributed by atoms with van der Waals surface area (Å²) in [5.41, 5.74) is 1.98. The first-order valence-electron chi connectivity index (χ1n) is 10.0. The molecule has 0 aliphatic carbocycles. The maximum atomic E-state index is 12.0. The lowest BCUT2D eigenvalue weighted by Gasteiger charge is -2.31. The van der Waals surface area contributed by atoms with Crippen molar-refractivity contribution < 1.29 is 23.7 Å². The fraction of sp³-hybridized carbons (Fsp3) is 0.409. The van der Waals surface area contributed by atoms with Crippen LogP contribution in [0, 0.1) is 11.3 Å². The van der Waals surface area contributed by atoms with Gasteiger partial charge in [0.05, 0.1) is 37.8 Å². The molecular formula is C22H24N4O5. The Morgan fingerprint density at radius 1 is 1.32 bits per heavy atom. The molecule has 9 heteroatoms. The molecule has 2 aromatic rings. The summed E-state index contributed by atoms with van der Waals surface area (Å²) in [4.78, 5) is 20.1. The second-order valence-corrected chi connectivity index (χ2v) is 7.29. The number of rotatable bonds is 6. The summed E-state index contributed by atoms with van der Waals surface area (Å²) in [6, 6.07) is 9.54. The van der Waals surface area contributed by atoms with Gasteiger partial charge in [0.2, 0.25) is 11.8 Å². The summed E-state index contributed by atoms with van der Waals surface area (Å²) in [6.45, 7) is 2.39. The minimum Gasteiger partial charge on any atom is -0.490 e. The van der Waals surface area contributed by atoms with Crippen LogP contribution in [0.1, 0.15) is 12.0 Å². The van der Waals surface area contributed by atoms with Crippen molar-refractivity contribution in [3.63, 3.8) is 0 Å². The fourth-order valence-corrected chi connectivity index (χ4v) is 3.83. The topological polar surface area (TPSA) is 97.1 Å². The van der Waals surface area contributed by atoms with Gasteiger partial charge < -0.3 is 28.7 Å². The van der Waals surface area contributed by atoms with Crippen LogP contribution < -0.4 is 19.1 Å². The quantitative estimate of drug-likeness (QED) is 0.696. The summed E-state index contributed by atoms with van der Waals surface area (Å²) in [7, 11) is 3.00. The molecule has 0 bridgehead atoms. The van der Waals surface area contributed by atoms with Crippen LogP contribution in [0.3, 0.4) is 0 Å². The number of hydrogen-bond acceptors (Lipinski definition) is 8. The molecule has 9 nitrogen and oxygen atoms in total. The van der Waals surface area contributed by atoms with E-state index in [9.17, 15) is 10.1 Å². The van der Waals surface area contributed by atoms with Crippen LogP contribution in [0.2, 0.25) is 0 Å². The minimum absolute atomic E-state index is 0.0288. The van der Waals surface area contributed by atoms with Crippen molar-refractivity contribution in [1.82, 2.24) is 9.88 Å². The molecular weight excluding hydrogens is 400 g/mol. The van der Waals surface area contributed by atoms with Crippen LogP contribution in [0.25, 0.3) is 0 Å². The van der Waals surface area contributed by atoms with E-state index in [4.69, 9.17) is 18.9 Å². The van der Waals surface area contributed by atoms with Crippen molar-refractivity contribution in [3.05, 3.63) is 36.0 Å². The first-order valence-corrected chi connectivity index (χ1v) is 10.0. The molecule has 1 amide bonds. The molecule has 1 saturated heterocycles. The Bertz CT molecular complexity index is 1010. The van der Waals surface area contributed by atoms with Crippen molar-refractivity contribution in [2.45, 2.75) is 12.5 Å². The molecule has 1 unspecified atom stereocenters. The molecule has 31 heavy (non-hydrogen) atoms. The number of ether oxygens (including phenoxy) is 4. The molecule has 3 heterocycles. The van der Waals surface area contributed by atoms with Gasteiger partial charge >= 0.3 is 0 Å². The van der Waals surface area contributed by atoms with Crippen LogP contribution >= 0.6 is 0 Å². The van der Waals surface area contributed by atoms with Crippen molar-refractivity contribution in [1.29, 1.82) is 5.26 Å². The van der Waals surface area contributed by atoms with Gasteiger partial charge in [-0.25, -0.2) is 4.98 Å². The Labute approximate surface area is 180 Å². The number of benzene rings is 1. The molecule has 1 fully saturated rings. The number of fused-ring (bicyclic) bond motifs is 1. The number of anilines is 2. The van der Waals surface area contributed by atoms with Crippen molar-refractivity contribution in [2.75, 3.05) is 52.0 Å². The number of pyridine rings is 1. The predicted molar refractivity (Wildman–Crippen MR) is 112 cm³/mol. The zero-order chi connectivity index (χ0) is 21.8. The van der Waals surface area contributed by atoms with E-state index >= 15 is 0 Å². The smallest absolute Gasteiger partial charge is 0.248 e. The number of amides is 1. The number of carbonyl (C=O) groups excluding carboxylic acids is 1. The number of likely N-dealkylation sites (tertiary alicyclic amines) is 1. The Kier molecular flexibility index (Phi) is 6.09. The lowest BCUT2D eigenvalue weighted by molar-refractivity contribution is -0.134. The van der Waals surface area contributed by atoms with Crippen molar-refractivity contribution >= 4 is 17.3 Å². The Morgan fingerprint density at radius 3 is 2.97 bits per heavy atom. The zero-order valence-corrected chi connectivity index (χ0v) is 17.5. The fourth-order valence-electron chi connectivity index (χ4n) is 3.83. The van der Waals surface area contributed by atoms with Crippen LogP contribution in [0.15, 0.2) is 30.5 Å². The van der Waals surface area contributed by atoms with E-state index in [2.05, 4.69) is 11.1 Å². The third-order valence-corrected chi connectivity index (χ3v) is 5.32. The molecule has 0 N–H and O–H groups in total. The highest BCUT2D eigenvalue weighted by Crippen LogP contribution is 2.40. The van der Waals surface area contributed by atoms with Gasteiger partial charge in [-0.15, -0.1) is 0 Å². The molecule has 2 aliphatic rings. The molecule has 0 radical (unpaired) electrons. The number of aromatic nitrogens is 1. The average Bonchev–Trinajstić information content (AvgIpc) is 3.27. The lowest BCUT2D eigenvalue weighted by Crippen LogP contribution is -2.33. The normalized spacial score (nSPS) is 17.5. The van der Waals surface area contributed by atoms with E-state index in [0.29, 0.717) is 43.4 Å². The van der Waals surface area contributed by atoms with Gasteiger partial charge in [-0.1, -0.05) is 0 Å². The number of methoxy groups -OCH3 is 2. The Balaban J connectivity index is 1.54. The van der Waals surface area contributed by atoms with Crippen LogP contribution in [-0.4, -0.2) is 69.0 Å². The highest BCUT2D eigenvalue weighted by atomic mass is 16.5. The lowest BCUT2D eigenvalue weighted by atomic mass is 10.2. The zero-order valence-electron chi connectivity index (χ0n) is 17.5. The van der Waals surface area contributed by atoms with Gasteiger partial charge in [-0.2, -0.15) is 5.26 Å². The summed E-state index contributed by atoms with van der Waals surface area (Å²) in [5.74, 6) is 1.70. The summed E-state index contributed by atoms with van der Waals surface area (Å²) in [5, 5.41) is 9.40. The molecule has 1 atom stereocenters. The Morgan fingerprint density at radius 2 is 2.19 bits per heavy atom. The molecule has 162 valence electrons. The Hall–Kier alpha value is -3.51. The van der Waals surface area contributed by atoms with E-state index in [1.54, 1.807) is 17.2 Å². The third-order valence-electron chi connectivity index (χ3n) is 5.32. The van der Waals surface area contributed by atoms with Gasteiger partial charge in [0.15, 0.2) is 0 Å². The van der Waals surface area contributed by atoms with Crippen molar-refractivity contribution in [3.8, 4) is 23.4 Å². The van der Waals surface area contributed by atoms with Gasteiger partial charge in [0.25, 0.3) is 0 Å². The summed E-state index contributed by atoms with van der Waals surface area (Å²) < 4.78 is 22.0. The van der Waals surface area contributed by atoms with Gasteiger partial charge in [0, 0.05) is 26.1 Å². The number of nitrogens with zero attached hydrogens (tertiary/aromatic N) is 4. The number of carbonyl (C=O) groups is 1. The van der Waals surface area contributed by atoms with E-state index in [0.717, 1.165) is 23.5 Å². The van der Waals surface area contributed by atoms with Gasteiger partial charge in [-0.3, -0.25) is 4.79 Å². The largest absolute Gasteiger partial charge is 0.490 e. The highest BCUT2D eigenvalue weighted by Gasteiger charge is 2.28. The summed E-state index contributed by atoms with van der Waals surface area (Å²) in [6.07, 6.45) is 2.36. The molecule has 4 rings (SSSR count). The first kappa shape index (κ1) is 20.8. The first-order chi connectivity index (χ1) is 15.1. The van der Waals surface area contributed by atoms with E-state index in [1.807, 2.05) is 23.1 Å². The molecule has 2 aliphatic heterocycles. The monoisotopic (exact) mass is 424 g/mol. The maximum Gasteiger partial charge on any atom is 0.248 e. The van der Waals surface area contributed by atoms with Crippen LogP contribution in [-0.2, 0) is 9.53 Å². The second-order valence-electron chi connectivity index (χ2n) is 7.29. The maximum absolute atomic E-state index is 12.0. The number of hydrogen-bond donors (Lipinski definition) is 0.